The molecule has 0 N–H and O–H groups in total. The second-order valence-electron chi connectivity index (χ2n) is 3.27. The van der Waals surface area contributed by atoms with Crippen LogP contribution in [-0.4, -0.2) is 42.6 Å². The molecule has 1 aromatic rings. The lowest BCUT2D eigenvalue weighted by molar-refractivity contribution is 0.0709. The maximum atomic E-state index is 11.9. The first-order valence-electron chi connectivity index (χ1n) is 5.10. The van der Waals surface area contributed by atoms with Crippen molar-refractivity contribution < 1.29 is 9.53 Å². The maximum absolute atomic E-state index is 11.9. The highest BCUT2D eigenvalue weighted by Crippen LogP contribution is 2.13. The van der Waals surface area contributed by atoms with E-state index >= 15 is 0 Å². The van der Waals surface area contributed by atoms with Crippen molar-refractivity contribution in [2.75, 3.05) is 26.8 Å². The molecule has 4 nitrogen and oxygen atoms in total. The molecule has 5 heteroatoms. The average molecular weight is 243 g/mol. The minimum atomic E-state index is -0.141. The van der Waals surface area contributed by atoms with Crippen molar-refractivity contribution in [1.82, 2.24) is 9.88 Å². The van der Waals surface area contributed by atoms with Crippen LogP contribution in [0.5, 0.6) is 0 Å². The Kier molecular flexibility index (Phi) is 5.22. The molecule has 0 unspecified atom stereocenters. The number of aromatic nitrogens is 1. The van der Waals surface area contributed by atoms with Gasteiger partial charge in [0.2, 0.25) is 0 Å². The van der Waals surface area contributed by atoms with Gasteiger partial charge in [0, 0.05) is 26.4 Å². The molecule has 0 aliphatic rings. The van der Waals surface area contributed by atoms with Crippen LogP contribution < -0.4 is 0 Å². The molecule has 0 fully saturated rings. The van der Waals surface area contributed by atoms with Crippen LogP contribution in [0, 0.1) is 0 Å². The minimum absolute atomic E-state index is 0.141. The van der Waals surface area contributed by atoms with Gasteiger partial charge in [-0.25, -0.2) is 4.98 Å². The summed E-state index contributed by atoms with van der Waals surface area (Å²) in [5.41, 5.74) is 0.420. The topological polar surface area (TPSA) is 42.4 Å². The van der Waals surface area contributed by atoms with Crippen molar-refractivity contribution in [2.45, 2.75) is 6.92 Å². The Labute approximate surface area is 100 Å². The number of nitrogens with zero attached hydrogens (tertiary/aromatic N) is 2. The number of carbonyl (C=O) groups is 1. The smallest absolute Gasteiger partial charge is 0.256 e. The molecule has 0 atom stereocenters. The number of likely N-dealkylation sites (N-methyl/N-ethyl adjacent to an activating group) is 1. The molecule has 1 rings (SSSR count). The summed E-state index contributed by atoms with van der Waals surface area (Å²) in [7, 11) is 1.71. The summed E-state index contributed by atoms with van der Waals surface area (Å²) >= 11 is 5.83. The zero-order valence-electron chi connectivity index (χ0n) is 9.44. The quantitative estimate of drug-likeness (QED) is 0.585. The van der Waals surface area contributed by atoms with Crippen LogP contribution >= 0.6 is 11.6 Å². The number of halogens is 1. The minimum Gasteiger partial charge on any atom is -0.380 e. The van der Waals surface area contributed by atoms with Crippen molar-refractivity contribution in [2.24, 2.45) is 0 Å². The molecule has 0 bridgehead atoms. The third-order valence-corrected chi connectivity index (χ3v) is 2.41. The number of hydrogen-bond donors (Lipinski definition) is 0. The van der Waals surface area contributed by atoms with E-state index in [9.17, 15) is 4.79 Å². The van der Waals surface area contributed by atoms with E-state index in [2.05, 4.69) is 4.98 Å². The number of pyridine rings is 1. The van der Waals surface area contributed by atoms with Crippen molar-refractivity contribution >= 4 is 17.5 Å². The SMILES string of the molecule is CCOCCN(C)C(=O)c1cccnc1Cl. The van der Waals surface area contributed by atoms with Crippen LogP contribution in [0.25, 0.3) is 0 Å². The van der Waals surface area contributed by atoms with Crippen molar-refractivity contribution in [3.05, 3.63) is 29.0 Å². The van der Waals surface area contributed by atoms with Crippen LogP contribution in [0.4, 0.5) is 0 Å². The summed E-state index contributed by atoms with van der Waals surface area (Å²) in [6, 6.07) is 3.35. The Morgan fingerprint density at radius 2 is 2.38 bits per heavy atom. The summed E-state index contributed by atoms with van der Waals surface area (Å²) in [6.07, 6.45) is 1.55. The van der Waals surface area contributed by atoms with Gasteiger partial charge >= 0.3 is 0 Å². The van der Waals surface area contributed by atoms with Crippen LogP contribution in [0.15, 0.2) is 18.3 Å². The summed E-state index contributed by atoms with van der Waals surface area (Å²) in [5.74, 6) is -0.141. The van der Waals surface area contributed by atoms with Crippen molar-refractivity contribution in [1.29, 1.82) is 0 Å². The zero-order valence-corrected chi connectivity index (χ0v) is 10.2. The highest BCUT2D eigenvalue weighted by atomic mass is 35.5. The fraction of sp³-hybridized carbons (Fsp3) is 0.455. The summed E-state index contributed by atoms with van der Waals surface area (Å²) in [6.45, 7) is 3.63. The molecule has 16 heavy (non-hydrogen) atoms. The number of carbonyl (C=O) groups excluding carboxylic acids is 1. The monoisotopic (exact) mass is 242 g/mol. The lowest BCUT2D eigenvalue weighted by Crippen LogP contribution is -2.30. The highest BCUT2D eigenvalue weighted by Gasteiger charge is 2.14. The first-order valence-corrected chi connectivity index (χ1v) is 5.48. The Hall–Kier alpha value is -1.13. The van der Waals surface area contributed by atoms with Gasteiger partial charge in [0.1, 0.15) is 5.15 Å². The van der Waals surface area contributed by atoms with E-state index in [1.54, 1.807) is 30.3 Å². The Morgan fingerprint density at radius 1 is 1.62 bits per heavy atom. The van der Waals surface area contributed by atoms with Crippen LogP contribution in [0.3, 0.4) is 0 Å². The molecule has 1 aromatic heterocycles. The van der Waals surface area contributed by atoms with Gasteiger partial charge in [0.15, 0.2) is 0 Å². The molecule has 0 saturated heterocycles. The van der Waals surface area contributed by atoms with Gasteiger partial charge < -0.3 is 9.64 Å². The molecule has 88 valence electrons. The first kappa shape index (κ1) is 12.9. The fourth-order valence-corrected chi connectivity index (χ4v) is 1.40. The van der Waals surface area contributed by atoms with Gasteiger partial charge in [0.05, 0.1) is 12.2 Å². The zero-order chi connectivity index (χ0) is 12.0. The van der Waals surface area contributed by atoms with E-state index in [0.29, 0.717) is 25.3 Å². The van der Waals surface area contributed by atoms with Gasteiger partial charge in [-0.15, -0.1) is 0 Å². The van der Waals surface area contributed by atoms with Gasteiger partial charge in [0.25, 0.3) is 5.91 Å². The van der Waals surface area contributed by atoms with E-state index in [4.69, 9.17) is 16.3 Å². The first-order chi connectivity index (χ1) is 7.66. The largest absolute Gasteiger partial charge is 0.380 e. The number of amides is 1. The van der Waals surface area contributed by atoms with Gasteiger partial charge in [-0.05, 0) is 19.1 Å². The van der Waals surface area contributed by atoms with E-state index in [1.807, 2.05) is 6.92 Å². The third-order valence-electron chi connectivity index (χ3n) is 2.11. The average Bonchev–Trinajstić information content (AvgIpc) is 2.29. The lowest BCUT2D eigenvalue weighted by Gasteiger charge is -2.17. The van der Waals surface area contributed by atoms with Gasteiger partial charge in [-0.3, -0.25) is 4.79 Å². The summed E-state index contributed by atoms with van der Waals surface area (Å²) in [5, 5.41) is 0.232. The lowest BCUT2D eigenvalue weighted by atomic mass is 10.2. The predicted molar refractivity (Wildman–Crippen MR) is 62.7 cm³/mol. The van der Waals surface area contributed by atoms with E-state index < -0.39 is 0 Å². The third kappa shape index (κ3) is 3.47. The maximum Gasteiger partial charge on any atom is 0.256 e. The summed E-state index contributed by atoms with van der Waals surface area (Å²) in [4.78, 5) is 17.3. The van der Waals surface area contributed by atoms with E-state index in [1.165, 1.54) is 0 Å². The van der Waals surface area contributed by atoms with Crippen LogP contribution in [0.1, 0.15) is 17.3 Å². The molecule has 0 radical (unpaired) electrons. The van der Waals surface area contributed by atoms with Crippen LogP contribution in [-0.2, 0) is 4.74 Å². The van der Waals surface area contributed by atoms with E-state index in [0.717, 1.165) is 0 Å². The normalized spacial score (nSPS) is 10.2. The Balaban J connectivity index is 2.60. The second-order valence-corrected chi connectivity index (χ2v) is 3.62. The fourth-order valence-electron chi connectivity index (χ4n) is 1.20. The molecule has 1 heterocycles. The molecule has 0 aromatic carbocycles. The highest BCUT2D eigenvalue weighted by molar-refractivity contribution is 6.32. The standard InChI is InChI=1S/C11H15ClN2O2/c1-3-16-8-7-14(2)11(15)9-5-4-6-13-10(9)12/h4-6H,3,7-8H2,1-2H3. The second kappa shape index (κ2) is 6.45. The molecule has 1 amide bonds. The molecule has 0 aliphatic carbocycles. The Morgan fingerprint density at radius 3 is 3.00 bits per heavy atom. The molecule has 0 saturated carbocycles. The van der Waals surface area contributed by atoms with Crippen LogP contribution in [0.2, 0.25) is 5.15 Å². The number of ether oxygens (including phenoxy) is 1. The number of rotatable bonds is 5. The molecule has 0 aliphatic heterocycles. The molecule has 0 spiro atoms. The predicted octanol–water partition coefficient (Wildman–Crippen LogP) is 1.84. The van der Waals surface area contributed by atoms with Gasteiger partial charge in [-0.2, -0.15) is 0 Å². The van der Waals surface area contributed by atoms with E-state index in [-0.39, 0.29) is 11.1 Å². The number of hydrogen-bond acceptors (Lipinski definition) is 3. The van der Waals surface area contributed by atoms with Crippen molar-refractivity contribution in [3.8, 4) is 0 Å². The summed E-state index contributed by atoms with van der Waals surface area (Å²) < 4.78 is 5.18. The molecular formula is C11H15ClN2O2. The Bertz CT molecular complexity index is 358. The van der Waals surface area contributed by atoms with Crippen molar-refractivity contribution in [3.63, 3.8) is 0 Å². The molecular weight excluding hydrogens is 228 g/mol. The van der Waals surface area contributed by atoms with Gasteiger partial charge in [-0.1, -0.05) is 11.6 Å².